The molecule has 4 aromatic rings. The van der Waals surface area contributed by atoms with E-state index in [0.717, 1.165) is 42.4 Å². The Morgan fingerprint density at radius 1 is 1.16 bits per heavy atom. The number of benzene rings is 2. The van der Waals surface area contributed by atoms with E-state index in [4.69, 9.17) is 18.9 Å². The summed E-state index contributed by atoms with van der Waals surface area (Å²) in [6.07, 6.45) is 7.41. The summed E-state index contributed by atoms with van der Waals surface area (Å²) in [6, 6.07) is 18.7. The van der Waals surface area contributed by atoms with Gasteiger partial charge in [-0.2, -0.15) is 5.26 Å². The fraction of sp³-hybridized carbons (Fsp3) is 0.233. The summed E-state index contributed by atoms with van der Waals surface area (Å²) in [5, 5.41) is 13.0. The second kappa shape index (κ2) is 11.8. The van der Waals surface area contributed by atoms with Gasteiger partial charge in [-0.1, -0.05) is 18.2 Å². The van der Waals surface area contributed by atoms with Crippen LogP contribution in [0.15, 0.2) is 70.3 Å². The molecular formula is C30H27N3O4S. The largest absolute Gasteiger partial charge is 0.493 e. The predicted octanol–water partition coefficient (Wildman–Crippen LogP) is 6.36. The molecule has 1 aliphatic carbocycles. The summed E-state index contributed by atoms with van der Waals surface area (Å²) in [5.74, 6) is 1.71. The van der Waals surface area contributed by atoms with E-state index >= 15 is 0 Å². The van der Waals surface area contributed by atoms with Crippen LogP contribution in [0.2, 0.25) is 0 Å². The molecule has 1 aliphatic rings. The van der Waals surface area contributed by atoms with Gasteiger partial charge in [0, 0.05) is 16.7 Å². The van der Waals surface area contributed by atoms with Gasteiger partial charge in [0.1, 0.15) is 17.4 Å². The number of aliphatic imine (C=N–C) groups is 1. The fourth-order valence-electron chi connectivity index (χ4n) is 4.47. The Kier molecular flexibility index (Phi) is 7.86. The number of hydrogen-bond acceptors (Lipinski definition) is 7. The molecule has 0 bridgehead atoms. The van der Waals surface area contributed by atoms with Gasteiger partial charge < -0.3 is 19.2 Å². The highest BCUT2D eigenvalue weighted by atomic mass is 32.1. The molecule has 0 spiro atoms. The molecule has 192 valence electrons. The van der Waals surface area contributed by atoms with Crippen LogP contribution in [0.25, 0.3) is 0 Å². The van der Waals surface area contributed by atoms with Crippen molar-refractivity contribution in [2.24, 2.45) is 4.99 Å². The van der Waals surface area contributed by atoms with Crippen molar-refractivity contribution in [1.82, 2.24) is 5.32 Å². The first-order valence-electron chi connectivity index (χ1n) is 12.4. The zero-order chi connectivity index (χ0) is 26.3. The third-order valence-electron chi connectivity index (χ3n) is 6.42. The molecule has 0 fully saturated rings. The lowest BCUT2D eigenvalue weighted by atomic mass is 9.95. The predicted molar refractivity (Wildman–Crippen MR) is 147 cm³/mol. The number of methoxy groups -OCH3 is 1. The zero-order valence-electron chi connectivity index (χ0n) is 21.0. The second-order valence-electron chi connectivity index (χ2n) is 8.88. The third-order valence-corrected chi connectivity index (χ3v) is 7.62. The molecule has 0 aliphatic heterocycles. The van der Waals surface area contributed by atoms with Gasteiger partial charge in [-0.05, 0) is 73.2 Å². The summed E-state index contributed by atoms with van der Waals surface area (Å²) in [4.78, 5) is 19.2. The van der Waals surface area contributed by atoms with Gasteiger partial charge >= 0.3 is 0 Å². The fourth-order valence-corrected chi connectivity index (χ4v) is 5.70. The van der Waals surface area contributed by atoms with E-state index in [1.54, 1.807) is 43.1 Å². The Bertz CT molecular complexity index is 1500. The Hall–Kier alpha value is -4.35. The molecule has 5 rings (SSSR count). The number of carbonyl (C=O) groups is 1. The van der Waals surface area contributed by atoms with Crippen LogP contribution >= 0.6 is 11.3 Å². The number of carbonyl (C=O) groups excluding carboxylic acids is 1. The van der Waals surface area contributed by atoms with Crippen LogP contribution in [0.1, 0.15) is 56.1 Å². The Morgan fingerprint density at radius 3 is 2.84 bits per heavy atom. The molecule has 0 radical (unpaired) electrons. The molecule has 0 unspecified atom stereocenters. The summed E-state index contributed by atoms with van der Waals surface area (Å²) >= 11 is 1.59. The number of aryl methyl sites for hydroxylation is 1. The van der Waals surface area contributed by atoms with Gasteiger partial charge in [-0.25, -0.2) is 4.99 Å². The summed E-state index contributed by atoms with van der Waals surface area (Å²) < 4.78 is 16.9. The SMILES string of the molecule is COc1cc(/C=N/c2sc3c(c2C(=O)NCc2ccco2)CCCC3)ccc1OCc1ccccc1C#N. The summed E-state index contributed by atoms with van der Waals surface area (Å²) in [5.41, 5.74) is 3.99. The number of nitrogens with one attached hydrogen (secondary N) is 1. The molecule has 2 heterocycles. The van der Waals surface area contributed by atoms with Gasteiger partial charge in [-0.15, -0.1) is 11.3 Å². The number of rotatable bonds is 9. The van der Waals surface area contributed by atoms with E-state index in [9.17, 15) is 10.1 Å². The highest BCUT2D eigenvalue weighted by molar-refractivity contribution is 7.16. The van der Waals surface area contributed by atoms with Crippen molar-refractivity contribution in [2.45, 2.75) is 38.8 Å². The number of furan rings is 1. The lowest BCUT2D eigenvalue weighted by molar-refractivity contribution is 0.0948. The molecule has 0 saturated carbocycles. The Balaban J connectivity index is 1.35. The topological polar surface area (TPSA) is 96.8 Å². The minimum Gasteiger partial charge on any atom is -0.493 e. The smallest absolute Gasteiger partial charge is 0.255 e. The summed E-state index contributed by atoms with van der Waals surface area (Å²) in [6.45, 7) is 0.585. The molecule has 2 aromatic heterocycles. The van der Waals surface area contributed by atoms with E-state index in [1.807, 2.05) is 42.5 Å². The molecule has 8 heteroatoms. The number of fused-ring (bicyclic) bond motifs is 1. The number of amides is 1. The van der Waals surface area contributed by atoms with Crippen molar-refractivity contribution >= 4 is 28.5 Å². The van der Waals surface area contributed by atoms with Crippen molar-refractivity contribution in [2.75, 3.05) is 7.11 Å². The second-order valence-corrected chi connectivity index (χ2v) is 9.96. The first-order chi connectivity index (χ1) is 18.7. The Labute approximate surface area is 225 Å². The number of nitrogens with zero attached hydrogens (tertiary/aromatic N) is 2. The summed E-state index contributed by atoms with van der Waals surface area (Å²) in [7, 11) is 1.58. The average molecular weight is 526 g/mol. The van der Waals surface area contributed by atoms with Crippen molar-refractivity contribution < 1.29 is 18.7 Å². The van der Waals surface area contributed by atoms with Gasteiger partial charge in [0.2, 0.25) is 0 Å². The van der Waals surface area contributed by atoms with Crippen LogP contribution in [0.5, 0.6) is 11.5 Å². The molecule has 38 heavy (non-hydrogen) atoms. The van der Waals surface area contributed by atoms with Crippen LogP contribution in [-0.2, 0) is 26.0 Å². The maximum atomic E-state index is 13.2. The van der Waals surface area contributed by atoms with E-state index in [-0.39, 0.29) is 12.5 Å². The first kappa shape index (κ1) is 25.3. The van der Waals surface area contributed by atoms with Crippen molar-refractivity contribution in [3.8, 4) is 17.6 Å². The Morgan fingerprint density at radius 2 is 2.03 bits per heavy atom. The van der Waals surface area contributed by atoms with E-state index < -0.39 is 0 Å². The van der Waals surface area contributed by atoms with Crippen molar-refractivity contribution in [3.05, 3.63) is 99.3 Å². The average Bonchev–Trinajstić information content (AvgIpc) is 3.62. The molecule has 7 nitrogen and oxygen atoms in total. The van der Waals surface area contributed by atoms with E-state index in [2.05, 4.69) is 11.4 Å². The normalized spacial score (nSPS) is 12.6. The van der Waals surface area contributed by atoms with Crippen LogP contribution in [-0.4, -0.2) is 19.2 Å². The zero-order valence-corrected chi connectivity index (χ0v) is 21.8. The number of hydrogen-bond donors (Lipinski definition) is 1. The van der Waals surface area contributed by atoms with Crippen molar-refractivity contribution in [3.63, 3.8) is 0 Å². The highest BCUT2D eigenvalue weighted by Gasteiger charge is 2.25. The van der Waals surface area contributed by atoms with Crippen LogP contribution < -0.4 is 14.8 Å². The number of ether oxygens (including phenoxy) is 2. The quantitative estimate of drug-likeness (QED) is 0.257. The van der Waals surface area contributed by atoms with Gasteiger partial charge in [0.15, 0.2) is 11.5 Å². The highest BCUT2D eigenvalue weighted by Crippen LogP contribution is 2.40. The first-order valence-corrected chi connectivity index (χ1v) is 13.3. The third kappa shape index (κ3) is 5.63. The standard InChI is InChI=1S/C30H27N3O4S/c1-35-26-15-20(12-13-25(26)37-19-22-8-3-2-7-21(22)16-31)17-33-30-28(24-10-4-5-11-27(24)38-30)29(34)32-18-23-9-6-14-36-23/h2-3,6-9,12-15,17H,4-5,10-11,18-19H2,1H3,(H,32,34)/b33-17+. The molecular weight excluding hydrogens is 498 g/mol. The van der Waals surface area contributed by atoms with Crippen LogP contribution in [0.4, 0.5) is 5.00 Å². The molecule has 2 aromatic carbocycles. The maximum absolute atomic E-state index is 13.2. The van der Waals surface area contributed by atoms with Gasteiger partial charge in [0.05, 0.1) is 37.1 Å². The monoisotopic (exact) mass is 525 g/mol. The molecule has 1 amide bonds. The lowest BCUT2D eigenvalue weighted by Crippen LogP contribution is -2.23. The van der Waals surface area contributed by atoms with E-state index in [0.29, 0.717) is 39.9 Å². The minimum atomic E-state index is -0.132. The van der Waals surface area contributed by atoms with Gasteiger partial charge in [-0.3, -0.25) is 4.79 Å². The number of thiophene rings is 1. The van der Waals surface area contributed by atoms with Crippen LogP contribution in [0.3, 0.4) is 0 Å². The molecule has 0 saturated heterocycles. The van der Waals surface area contributed by atoms with Crippen molar-refractivity contribution in [1.29, 1.82) is 5.26 Å². The minimum absolute atomic E-state index is 0.132. The lowest BCUT2D eigenvalue weighted by Gasteiger charge is -2.12. The van der Waals surface area contributed by atoms with Crippen LogP contribution in [0, 0.1) is 11.3 Å². The number of nitriles is 1. The molecule has 0 atom stereocenters. The van der Waals surface area contributed by atoms with E-state index in [1.165, 1.54) is 4.88 Å². The molecule has 1 N–H and O–H groups in total. The van der Waals surface area contributed by atoms with Gasteiger partial charge in [0.25, 0.3) is 5.91 Å². The maximum Gasteiger partial charge on any atom is 0.255 e.